The molecule has 0 saturated heterocycles. The van der Waals surface area contributed by atoms with Crippen LogP contribution in [0.4, 0.5) is 38.9 Å². The third kappa shape index (κ3) is 17.6. The molecule has 0 radical (unpaired) electrons. The average molecular weight is 1310 g/mol. The van der Waals surface area contributed by atoms with Gasteiger partial charge >= 0.3 is 18.0 Å². The number of hydrogen-bond donors (Lipinski definition) is 9. The van der Waals surface area contributed by atoms with Gasteiger partial charge < -0.3 is 48.4 Å². The molecule has 89 heavy (non-hydrogen) atoms. The summed E-state index contributed by atoms with van der Waals surface area (Å²) in [6, 6.07) is 19.9. The van der Waals surface area contributed by atoms with Crippen LogP contribution in [0.15, 0.2) is 125 Å². The van der Waals surface area contributed by atoms with Crippen LogP contribution in [-0.2, 0) is 44.1 Å². The number of thioether (sulfide) groups is 1. The third-order valence-corrected chi connectivity index (χ3v) is 15.8. The van der Waals surface area contributed by atoms with Gasteiger partial charge in [0.2, 0.25) is 33.4 Å². The van der Waals surface area contributed by atoms with Gasteiger partial charge in [-0.15, -0.1) is 27.1 Å². The van der Waals surface area contributed by atoms with Crippen molar-refractivity contribution in [2.75, 3.05) is 61.9 Å². The van der Waals surface area contributed by atoms with Crippen molar-refractivity contribution in [3.8, 4) is 11.5 Å². The fourth-order valence-corrected chi connectivity index (χ4v) is 10.5. The number of likely N-dealkylation sites (N-methyl/N-ethyl adjacent to an activating group) is 1. The number of carboxylic acids is 1. The Labute approximate surface area is 515 Å². The molecule has 2 aliphatic heterocycles. The van der Waals surface area contributed by atoms with Gasteiger partial charge in [0.25, 0.3) is 10.1 Å². The number of sulfonamides is 1. The number of rotatable bonds is 20. The van der Waals surface area contributed by atoms with Crippen LogP contribution >= 0.6 is 22.6 Å². The summed E-state index contributed by atoms with van der Waals surface area (Å²) in [5.41, 5.74) is 3.86. The van der Waals surface area contributed by atoms with Gasteiger partial charge in [0, 0.05) is 48.4 Å². The number of phenols is 1. The molecular formula is C55H62N12O18S4. The fraction of sp³-hybridized carbons (Fsp3) is 0.273. The highest BCUT2D eigenvalue weighted by Crippen LogP contribution is 2.50. The molecular weight excluding hydrogens is 1240 g/mol. The third-order valence-electron chi connectivity index (χ3n) is 12.6. The number of ketones is 1. The van der Waals surface area contributed by atoms with Crippen LogP contribution in [0.1, 0.15) is 68.6 Å². The molecule has 1 aromatic heterocycles. The van der Waals surface area contributed by atoms with E-state index in [4.69, 9.17) is 9.57 Å². The highest BCUT2D eigenvalue weighted by Gasteiger charge is 2.35. The van der Waals surface area contributed by atoms with Gasteiger partial charge in [0.15, 0.2) is 11.5 Å². The minimum atomic E-state index is -4.95. The van der Waals surface area contributed by atoms with E-state index in [2.05, 4.69) is 55.8 Å². The second-order valence-corrected chi connectivity index (χ2v) is 24.8. The molecule has 5 aromatic carbocycles. The zero-order valence-corrected chi connectivity index (χ0v) is 52.5. The van der Waals surface area contributed by atoms with Gasteiger partial charge in [0.1, 0.15) is 32.9 Å². The number of anilines is 3. The Bertz CT molecular complexity index is 4140. The number of nitrogens with one attached hydrogen (secondary N) is 3. The number of carbonyl (C=O) groups excluding carboxylic acids is 4. The van der Waals surface area contributed by atoms with Crippen LogP contribution in [0.2, 0.25) is 0 Å². The van der Waals surface area contributed by atoms with Crippen molar-refractivity contribution in [1.82, 2.24) is 19.6 Å². The van der Waals surface area contributed by atoms with E-state index in [1.165, 1.54) is 38.1 Å². The van der Waals surface area contributed by atoms with Gasteiger partial charge in [-0.1, -0.05) is 32.0 Å². The van der Waals surface area contributed by atoms with Crippen molar-refractivity contribution >= 4 is 141 Å². The van der Waals surface area contributed by atoms with Crippen LogP contribution in [0.5, 0.6) is 11.5 Å². The molecule has 2 amide bonds. The summed E-state index contributed by atoms with van der Waals surface area (Å²) in [5, 5.41) is 48.5. The predicted molar refractivity (Wildman–Crippen MR) is 334 cm³/mol. The molecule has 0 spiro atoms. The molecule has 9 N–H and O–H groups in total. The number of Topliss-reactive ketones (excluding diaryl/α,β-unsaturated/α-hetero) is 1. The van der Waals surface area contributed by atoms with Crippen LogP contribution in [0.3, 0.4) is 0 Å². The molecule has 0 fully saturated rings. The number of hydrogen-bond acceptors (Lipinski definition) is 25. The number of methoxy groups -OCH3 is 2. The summed E-state index contributed by atoms with van der Waals surface area (Å²) in [6.45, 7) is 11.6. The first-order valence-corrected chi connectivity index (χ1v) is 32.3. The molecule has 8 rings (SSSR count). The number of aryl methyl sites for hydroxylation is 1. The lowest BCUT2D eigenvalue weighted by atomic mass is 10.1. The number of phenolic OH excluding ortho intramolecular Hbond substituents is 1. The summed E-state index contributed by atoms with van der Waals surface area (Å²) in [4.78, 5) is 69.6. The van der Waals surface area contributed by atoms with E-state index in [9.17, 15) is 69.2 Å². The molecule has 474 valence electrons. The lowest BCUT2D eigenvalue weighted by molar-refractivity contribution is -0.136. The molecule has 0 bridgehead atoms. The van der Waals surface area contributed by atoms with Crippen molar-refractivity contribution < 1.29 is 83.5 Å². The standard InChI is InChI=1S/C21H27N7O5S.C19H19N3O9S2.C15H16N2O4S/c1-6-27(10-9-22-34(5,32)33)14-7-8-15(13(4)11-14)23-16-17(21(30)31)26-28-19(16)24-25-20(28)18(29)12(2)3;1-10(23)20-15-9-14(32(25,26)27)7-11-8-16(33(28,29)30)18(19(24)17(11)15)22-21-12-3-5-13(31-2)6-4-12;1-4-11-10(14(18)21-17-11)7-9-5-6-12(13(8-9)22-3)16-15(19)20-2/h7-8,11-12,22H,6,9-10H2,1-5H3,(H,30,31);3-9,24-27H,1-2H3,(H,20,23)(H,28,29,30);5-8H,4H2,1-3H3,(H,16,19). The minimum absolute atomic E-state index is 0.0170. The van der Waals surface area contributed by atoms with Crippen LogP contribution in [0.25, 0.3) is 16.8 Å². The maximum Gasteiger partial charge on any atom is 0.411 e. The van der Waals surface area contributed by atoms with Gasteiger partial charge in [-0.05, 0) is 122 Å². The van der Waals surface area contributed by atoms with Gasteiger partial charge in [-0.2, -0.15) is 23.3 Å². The summed E-state index contributed by atoms with van der Waals surface area (Å²) in [7, 11) is -9.72. The number of aromatic hydroxyl groups is 1. The van der Waals surface area contributed by atoms with Crippen molar-refractivity contribution in [2.45, 2.75) is 62.6 Å². The highest BCUT2D eigenvalue weighted by molar-refractivity contribution is 8.19. The molecule has 3 heterocycles. The number of aromatic nitrogens is 3. The van der Waals surface area contributed by atoms with Gasteiger partial charge in [0.05, 0.1) is 59.4 Å². The van der Waals surface area contributed by atoms with E-state index in [1.807, 2.05) is 50.1 Å². The summed E-state index contributed by atoms with van der Waals surface area (Å²) < 4.78 is 98.4. The monoisotopic (exact) mass is 1310 g/mol. The minimum Gasteiger partial charge on any atom is -0.505 e. The van der Waals surface area contributed by atoms with Crippen LogP contribution in [-0.4, -0.2) is 153 Å². The number of carboxylic acid groups (broad SMARTS) is 1. The highest BCUT2D eigenvalue weighted by atomic mass is 32.3. The number of oxime groups is 1. The lowest BCUT2D eigenvalue weighted by Crippen LogP contribution is -2.34. The Morgan fingerprint density at radius 2 is 1.60 bits per heavy atom. The quantitative estimate of drug-likeness (QED) is 0.00858. The number of amides is 2. The number of aliphatic imine (C=N–C) groups is 1. The second kappa shape index (κ2) is 29.3. The molecule has 0 atom stereocenters. The lowest BCUT2D eigenvalue weighted by Gasteiger charge is -2.23. The number of ether oxygens (including phenoxy) is 2. The largest absolute Gasteiger partial charge is 0.505 e. The first-order valence-electron chi connectivity index (χ1n) is 26.2. The number of fused-ring (bicyclic) bond motifs is 2. The smallest absolute Gasteiger partial charge is 0.411 e. The summed E-state index contributed by atoms with van der Waals surface area (Å²) >= 11 is 1.48. The molecule has 0 aliphatic carbocycles. The van der Waals surface area contributed by atoms with Gasteiger partial charge in [-0.3, -0.25) is 19.5 Å². The Kier molecular flexibility index (Phi) is 22.8. The molecule has 6 aromatic rings. The Morgan fingerprint density at radius 1 is 0.899 bits per heavy atom. The van der Waals surface area contributed by atoms with Gasteiger partial charge in [-0.25, -0.2) is 32.5 Å². The van der Waals surface area contributed by atoms with E-state index < -0.39 is 76.2 Å². The first-order chi connectivity index (χ1) is 41.8. The Balaban J connectivity index is 0.000000218. The van der Waals surface area contributed by atoms with Crippen molar-refractivity contribution in [3.05, 3.63) is 107 Å². The number of aliphatic carboxylic acids is 1. The van der Waals surface area contributed by atoms with Crippen LogP contribution < -0.4 is 25.0 Å². The number of azo groups is 1. The van der Waals surface area contributed by atoms with Crippen molar-refractivity contribution in [3.63, 3.8) is 0 Å². The van der Waals surface area contributed by atoms with Crippen LogP contribution in [0, 0.1) is 12.8 Å². The molecule has 34 heteroatoms. The topological polar surface area (TPSA) is 435 Å². The second-order valence-electron chi connectivity index (χ2n) is 19.2. The normalized spacial score (nSPS) is 14.1. The zero-order chi connectivity index (χ0) is 65.9. The predicted octanol–water partition coefficient (Wildman–Crippen LogP) is 9.27. The Hall–Kier alpha value is -9.00. The SMILES string of the molecule is CCC1=NOC(=O)C1=Cc1ccc(NC(=O)OC)c(SC)c1.CCN(CCNS(C)(=O)=O)c1ccc(N=C2C(C(=O)O)=Nn3c(C(=O)C(C)C)nnc32)c(C)c1.COc1ccc(N=Nc2c(S(=O)(=O)O)cc3cc(S(O)(O)O)cc(NC(C)=O)c3c2O)cc1. The zero-order valence-electron chi connectivity index (χ0n) is 49.2. The Morgan fingerprint density at radius 3 is 2.16 bits per heavy atom. The van der Waals surface area contributed by atoms with E-state index in [0.29, 0.717) is 47.9 Å². The molecule has 0 saturated carbocycles. The van der Waals surface area contributed by atoms with Crippen molar-refractivity contribution in [2.24, 2.45) is 31.4 Å². The maximum absolute atomic E-state index is 12.4. The number of carbonyl (C=O) groups is 5. The fourth-order valence-electron chi connectivity index (χ4n) is 8.25. The molecule has 2 aliphatic rings. The number of benzene rings is 5. The first kappa shape index (κ1) is 69.1. The van der Waals surface area contributed by atoms with E-state index in [-0.39, 0.29) is 63.5 Å². The number of nitrogens with zero attached hydrogens (tertiary/aromatic N) is 9. The van der Waals surface area contributed by atoms with E-state index >= 15 is 0 Å². The summed E-state index contributed by atoms with van der Waals surface area (Å²) in [6.07, 6.45) is 4.84. The molecule has 30 nitrogen and oxygen atoms in total. The van der Waals surface area contributed by atoms with E-state index in [0.717, 1.165) is 57.8 Å². The maximum atomic E-state index is 12.4. The molecule has 0 unspecified atom stereocenters. The van der Waals surface area contributed by atoms with E-state index in [1.54, 1.807) is 50.3 Å². The van der Waals surface area contributed by atoms with Crippen molar-refractivity contribution in [1.29, 1.82) is 0 Å². The average Bonchev–Trinajstić information content (AvgIpc) is 1.81. The summed E-state index contributed by atoms with van der Waals surface area (Å²) in [5.74, 6) is -3.21.